The normalized spacial score (nSPS) is 14.3. The van der Waals surface area contributed by atoms with Crippen LogP contribution in [-0.2, 0) is 9.53 Å². The van der Waals surface area contributed by atoms with Gasteiger partial charge >= 0.3 is 6.09 Å². The van der Waals surface area contributed by atoms with Gasteiger partial charge in [0.1, 0.15) is 5.60 Å². The number of ether oxygens (including phenoxy) is 1. The smallest absolute Gasteiger partial charge is 0.407 e. The standard InChI is InChI=1S/C13H26N2O4S/c1-12(2,3)19-11(18)14-9-13(4,20)8-10(17)15(5)6-7-16/h16,20H,6-9H2,1-5H3,(H,14,18). The van der Waals surface area contributed by atoms with E-state index in [1.165, 1.54) is 4.90 Å². The Balaban J connectivity index is 4.25. The molecule has 20 heavy (non-hydrogen) atoms. The lowest BCUT2D eigenvalue weighted by Gasteiger charge is -2.27. The second-order valence-corrected chi connectivity index (χ2v) is 7.15. The van der Waals surface area contributed by atoms with Crippen molar-refractivity contribution >= 4 is 24.6 Å². The average Bonchev–Trinajstić information content (AvgIpc) is 2.24. The number of hydrogen-bond acceptors (Lipinski definition) is 5. The molecule has 0 aromatic carbocycles. The van der Waals surface area contributed by atoms with Gasteiger partial charge < -0.3 is 20.1 Å². The second kappa shape index (κ2) is 7.73. The predicted molar refractivity (Wildman–Crippen MR) is 81.0 cm³/mol. The van der Waals surface area contributed by atoms with Gasteiger partial charge in [-0.2, -0.15) is 12.6 Å². The molecule has 118 valence electrons. The molecule has 0 bridgehead atoms. The molecular formula is C13H26N2O4S. The molecule has 0 rings (SSSR count). The molecule has 7 heteroatoms. The number of aliphatic hydroxyl groups is 1. The third-order valence-corrected chi connectivity index (χ3v) is 2.72. The highest BCUT2D eigenvalue weighted by Gasteiger charge is 2.26. The van der Waals surface area contributed by atoms with E-state index in [-0.39, 0.29) is 32.0 Å². The molecule has 0 aliphatic carbocycles. The quantitative estimate of drug-likeness (QED) is 0.641. The summed E-state index contributed by atoms with van der Waals surface area (Å²) in [4.78, 5) is 24.8. The van der Waals surface area contributed by atoms with Crippen molar-refractivity contribution in [2.75, 3.05) is 26.7 Å². The molecule has 2 amide bonds. The van der Waals surface area contributed by atoms with Crippen LogP contribution in [0, 0.1) is 0 Å². The fourth-order valence-electron chi connectivity index (χ4n) is 1.37. The van der Waals surface area contributed by atoms with Gasteiger partial charge in [-0.25, -0.2) is 4.79 Å². The lowest BCUT2D eigenvalue weighted by Crippen LogP contribution is -2.43. The number of carbonyl (C=O) groups excluding carboxylic acids is 2. The van der Waals surface area contributed by atoms with Crippen LogP contribution in [0.2, 0.25) is 0 Å². The molecule has 1 unspecified atom stereocenters. The largest absolute Gasteiger partial charge is 0.444 e. The first-order valence-corrected chi connectivity index (χ1v) is 6.95. The van der Waals surface area contributed by atoms with Gasteiger partial charge in [-0.15, -0.1) is 0 Å². The highest BCUT2D eigenvalue weighted by Crippen LogP contribution is 2.19. The zero-order valence-corrected chi connectivity index (χ0v) is 13.8. The number of hydrogen-bond donors (Lipinski definition) is 3. The van der Waals surface area contributed by atoms with E-state index in [1.54, 1.807) is 34.7 Å². The third kappa shape index (κ3) is 9.03. The van der Waals surface area contributed by atoms with Crippen molar-refractivity contribution in [3.8, 4) is 0 Å². The summed E-state index contributed by atoms with van der Waals surface area (Å²) in [6, 6.07) is 0. The van der Waals surface area contributed by atoms with E-state index in [1.807, 2.05) is 0 Å². The SMILES string of the molecule is CN(CCO)C(=O)CC(C)(S)CNC(=O)OC(C)(C)C. The highest BCUT2D eigenvalue weighted by molar-refractivity contribution is 7.81. The van der Waals surface area contributed by atoms with Crippen LogP contribution in [0.1, 0.15) is 34.1 Å². The van der Waals surface area contributed by atoms with Crippen molar-refractivity contribution < 1.29 is 19.4 Å². The second-order valence-electron chi connectivity index (χ2n) is 6.07. The Morgan fingerprint density at radius 3 is 2.30 bits per heavy atom. The highest BCUT2D eigenvalue weighted by atomic mass is 32.1. The van der Waals surface area contributed by atoms with E-state index in [0.29, 0.717) is 0 Å². The van der Waals surface area contributed by atoms with E-state index in [2.05, 4.69) is 17.9 Å². The maximum absolute atomic E-state index is 11.8. The molecule has 6 nitrogen and oxygen atoms in total. The Bertz CT molecular complexity index is 340. The van der Waals surface area contributed by atoms with Crippen LogP contribution in [0.4, 0.5) is 4.79 Å². The lowest BCUT2D eigenvalue weighted by molar-refractivity contribution is -0.130. The molecule has 0 aromatic rings. The number of amides is 2. The van der Waals surface area contributed by atoms with Gasteiger partial charge in [0.2, 0.25) is 5.91 Å². The minimum Gasteiger partial charge on any atom is -0.444 e. The lowest BCUT2D eigenvalue weighted by atomic mass is 10.1. The summed E-state index contributed by atoms with van der Waals surface area (Å²) in [6.45, 7) is 7.51. The minimum atomic E-state index is -0.683. The van der Waals surface area contributed by atoms with Crippen LogP contribution in [0.15, 0.2) is 0 Å². The first kappa shape index (κ1) is 19.1. The summed E-state index contributed by atoms with van der Waals surface area (Å²) in [5, 5.41) is 11.4. The molecule has 1 atom stereocenters. The van der Waals surface area contributed by atoms with Crippen molar-refractivity contribution in [1.29, 1.82) is 0 Å². The average molecular weight is 306 g/mol. The number of nitrogens with zero attached hydrogens (tertiary/aromatic N) is 1. The van der Waals surface area contributed by atoms with E-state index in [9.17, 15) is 9.59 Å². The maximum Gasteiger partial charge on any atom is 0.407 e. The molecular weight excluding hydrogens is 280 g/mol. The van der Waals surface area contributed by atoms with Gasteiger partial charge in [0.25, 0.3) is 0 Å². The monoisotopic (exact) mass is 306 g/mol. The number of likely N-dealkylation sites (N-methyl/N-ethyl adjacent to an activating group) is 1. The van der Waals surface area contributed by atoms with Crippen molar-refractivity contribution in [3.63, 3.8) is 0 Å². The van der Waals surface area contributed by atoms with Crippen LogP contribution in [0.3, 0.4) is 0 Å². The number of thiol groups is 1. The molecule has 0 saturated heterocycles. The van der Waals surface area contributed by atoms with Crippen molar-refractivity contribution in [2.24, 2.45) is 0 Å². The molecule has 0 aliphatic rings. The van der Waals surface area contributed by atoms with Crippen LogP contribution in [0.25, 0.3) is 0 Å². The van der Waals surface area contributed by atoms with Crippen LogP contribution in [0.5, 0.6) is 0 Å². The van der Waals surface area contributed by atoms with Gasteiger partial charge in [0.15, 0.2) is 0 Å². The Kier molecular flexibility index (Phi) is 7.37. The summed E-state index contributed by atoms with van der Waals surface area (Å²) < 4.78 is 4.43. The number of alkyl carbamates (subject to hydrolysis) is 1. The van der Waals surface area contributed by atoms with E-state index >= 15 is 0 Å². The minimum absolute atomic E-state index is 0.0817. The third-order valence-electron chi connectivity index (χ3n) is 2.41. The van der Waals surface area contributed by atoms with Crippen molar-refractivity contribution in [2.45, 2.75) is 44.5 Å². The Labute approximate surface area is 126 Å². The van der Waals surface area contributed by atoms with Crippen LogP contribution < -0.4 is 5.32 Å². The predicted octanol–water partition coefficient (Wildman–Crippen LogP) is 1.04. The van der Waals surface area contributed by atoms with Gasteiger partial charge in [-0.05, 0) is 27.7 Å². The zero-order valence-electron chi connectivity index (χ0n) is 12.9. The number of aliphatic hydroxyl groups excluding tert-OH is 1. The fraction of sp³-hybridized carbons (Fsp3) is 0.846. The number of rotatable bonds is 6. The Hall–Kier alpha value is -0.950. The first-order valence-electron chi connectivity index (χ1n) is 6.51. The Morgan fingerprint density at radius 1 is 1.30 bits per heavy atom. The molecule has 0 aromatic heterocycles. The van der Waals surface area contributed by atoms with Crippen LogP contribution >= 0.6 is 12.6 Å². The topological polar surface area (TPSA) is 78.9 Å². The van der Waals surface area contributed by atoms with Gasteiger partial charge in [0.05, 0.1) is 6.61 Å². The van der Waals surface area contributed by atoms with Crippen molar-refractivity contribution in [3.05, 3.63) is 0 Å². The molecule has 2 N–H and O–H groups in total. The maximum atomic E-state index is 11.8. The summed E-state index contributed by atoms with van der Waals surface area (Å²) >= 11 is 4.39. The van der Waals surface area contributed by atoms with Gasteiger partial charge in [0, 0.05) is 31.3 Å². The summed E-state index contributed by atoms with van der Waals surface area (Å²) in [7, 11) is 1.61. The molecule has 0 saturated carbocycles. The summed E-state index contributed by atoms with van der Waals surface area (Å²) in [5.74, 6) is -0.137. The van der Waals surface area contributed by atoms with Gasteiger partial charge in [-0.3, -0.25) is 4.79 Å². The van der Waals surface area contributed by atoms with E-state index in [4.69, 9.17) is 9.84 Å². The zero-order chi connectivity index (χ0) is 16.0. The van der Waals surface area contributed by atoms with Crippen LogP contribution in [-0.4, -0.2) is 59.1 Å². The van der Waals surface area contributed by atoms with Gasteiger partial charge in [-0.1, -0.05) is 0 Å². The Morgan fingerprint density at radius 2 is 1.85 bits per heavy atom. The molecule has 0 heterocycles. The van der Waals surface area contributed by atoms with E-state index in [0.717, 1.165) is 0 Å². The number of carbonyl (C=O) groups is 2. The van der Waals surface area contributed by atoms with E-state index < -0.39 is 16.4 Å². The molecule has 0 fully saturated rings. The summed E-state index contributed by atoms with van der Waals surface area (Å²) in [6.07, 6.45) is -0.378. The van der Waals surface area contributed by atoms with Crippen molar-refractivity contribution in [1.82, 2.24) is 10.2 Å². The first-order chi connectivity index (χ1) is 8.97. The fourth-order valence-corrected chi connectivity index (χ4v) is 1.59. The molecule has 0 spiro atoms. The summed E-state index contributed by atoms with van der Waals surface area (Å²) in [5.41, 5.74) is -0.561. The number of nitrogens with one attached hydrogen (secondary N) is 1. The molecule has 0 aliphatic heterocycles. The molecule has 0 radical (unpaired) electrons.